The topological polar surface area (TPSA) is 41.6 Å². The number of thioether (sulfide) groups is 1. The van der Waals surface area contributed by atoms with Crippen LogP contribution in [0.4, 0.5) is 0 Å². The summed E-state index contributed by atoms with van der Waals surface area (Å²) in [6.07, 6.45) is 1.39. The van der Waals surface area contributed by atoms with Gasteiger partial charge in [-0.1, -0.05) is 0 Å². The van der Waals surface area contributed by atoms with E-state index >= 15 is 0 Å². The normalized spacial score (nSPS) is 30.7. The molecule has 0 spiro atoms. The van der Waals surface area contributed by atoms with Crippen molar-refractivity contribution in [2.24, 2.45) is 0 Å². The first kappa shape index (κ1) is 12.2. The SMILES string of the molecule is CC1OCCC1SCC(=O)N1CCNCC1. The Morgan fingerprint density at radius 1 is 1.50 bits per heavy atom. The predicted octanol–water partition coefficient (Wildman–Crippen LogP) is 0.329. The van der Waals surface area contributed by atoms with Crippen LogP contribution in [0, 0.1) is 0 Å². The zero-order valence-corrected chi connectivity index (χ0v) is 10.6. The van der Waals surface area contributed by atoms with E-state index in [2.05, 4.69) is 12.2 Å². The maximum absolute atomic E-state index is 11.9. The highest BCUT2D eigenvalue weighted by atomic mass is 32.2. The lowest BCUT2D eigenvalue weighted by molar-refractivity contribution is -0.128. The van der Waals surface area contributed by atoms with E-state index in [0.717, 1.165) is 39.2 Å². The van der Waals surface area contributed by atoms with Crippen LogP contribution >= 0.6 is 11.8 Å². The Kier molecular flexibility index (Phi) is 4.49. The number of ether oxygens (including phenoxy) is 1. The molecule has 0 saturated carbocycles. The fourth-order valence-electron chi connectivity index (χ4n) is 2.11. The van der Waals surface area contributed by atoms with Gasteiger partial charge >= 0.3 is 0 Å². The minimum atomic E-state index is 0.283. The number of carbonyl (C=O) groups is 1. The Bertz CT molecular complexity index is 244. The molecule has 0 aromatic carbocycles. The van der Waals surface area contributed by atoms with E-state index in [0.29, 0.717) is 17.1 Å². The van der Waals surface area contributed by atoms with Gasteiger partial charge in [0.25, 0.3) is 0 Å². The number of carbonyl (C=O) groups excluding carboxylic acids is 1. The molecule has 0 radical (unpaired) electrons. The van der Waals surface area contributed by atoms with Crippen molar-refractivity contribution in [2.75, 3.05) is 38.5 Å². The second kappa shape index (κ2) is 5.89. The largest absolute Gasteiger partial charge is 0.377 e. The van der Waals surface area contributed by atoms with Crippen molar-refractivity contribution in [1.29, 1.82) is 0 Å². The van der Waals surface area contributed by atoms with Gasteiger partial charge in [-0.15, -0.1) is 11.8 Å². The van der Waals surface area contributed by atoms with E-state index in [-0.39, 0.29) is 5.91 Å². The highest BCUT2D eigenvalue weighted by molar-refractivity contribution is 8.00. The van der Waals surface area contributed by atoms with Crippen molar-refractivity contribution < 1.29 is 9.53 Å². The average molecular weight is 244 g/mol. The summed E-state index contributed by atoms with van der Waals surface area (Å²) in [5.41, 5.74) is 0. The summed E-state index contributed by atoms with van der Waals surface area (Å²) in [6.45, 7) is 6.52. The summed E-state index contributed by atoms with van der Waals surface area (Å²) in [4.78, 5) is 13.9. The van der Waals surface area contributed by atoms with E-state index in [1.165, 1.54) is 0 Å². The van der Waals surface area contributed by atoms with Crippen LogP contribution in [0.2, 0.25) is 0 Å². The molecule has 2 rings (SSSR count). The number of piperazine rings is 1. The summed E-state index contributed by atoms with van der Waals surface area (Å²) in [5, 5.41) is 3.76. The van der Waals surface area contributed by atoms with Gasteiger partial charge < -0.3 is 15.0 Å². The highest BCUT2D eigenvalue weighted by Crippen LogP contribution is 2.26. The van der Waals surface area contributed by atoms with Crippen molar-refractivity contribution in [2.45, 2.75) is 24.7 Å². The molecule has 2 fully saturated rings. The Balaban J connectivity index is 1.70. The molecule has 2 saturated heterocycles. The molecular formula is C11H20N2O2S. The smallest absolute Gasteiger partial charge is 0.232 e. The highest BCUT2D eigenvalue weighted by Gasteiger charge is 2.26. The Hall–Kier alpha value is -0.260. The lowest BCUT2D eigenvalue weighted by Gasteiger charge is -2.27. The van der Waals surface area contributed by atoms with E-state index < -0.39 is 0 Å². The molecule has 0 aromatic rings. The van der Waals surface area contributed by atoms with Crippen LogP contribution in [-0.4, -0.2) is 60.7 Å². The second-order valence-corrected chi connectivity index (χ2v) is 5.57. The molecule has 4 nitrogen and oxygen atoms in total. The van der Waals surface area contributed by atoms with Crippen LogP contribution in [-0.2, 0) is 9.53 Å². The Labute approximate surface area is 101 Å². The van der Waals surface area contributed by atoms with Gasteiger partial charge in [-0.25, -0.2) is 0 Å². The van der Waals surface area contributed by atoms with Gasteiger partial charge in [0.2, 0.25) is 5.91 Å². The van der Waals surface area contributed by atoms with Gasteiger partial charge in [0, 0.05) is 38.0 Å². The number of rotatable bonds is 3. The first-order valence-corrected chi connectivity index (χ1v) is 7.04. The molecule has 2 aliphatic heterocycles. The van der Waals surface area contributed by atoms with E-state index in [4.69, 9.17) is 4.74 Å². The van der Waals surface area contributed by atoms with Gasteiger partial charge in [-0.2, -0.15) is 0 Å². The molecule has 0 aliphatic carbocycles. The van der Waals surface area contributed by atoms with Gasteiger partial charge in [0.15, 0.2) is 0 Å². The van der Waals surface area contributed by atoms with Crippen LogP contribution in [0.15, 0.2) is 0 Å². The third-order valence-electron chi connectivity index (χ3n) is 3.20. The number of amides is 1. The molecule has 1 amide bonds. The first-order valence-electron chi connectivity index (χ1n) is 5.99. The molecule has 92 valence electrons. The maximum atomic E-state index is 11.9. The zero-order chi connectivity index (χ0) is 11.4. The number of nitrogens with zero attached hydrogens (tertiary/aromatic N) is 1. The fraction of sp³-hybridized carbons (Fsp3) is 0.909. The quantitative estimate of drug-likeness (QED) is 0.777. The van der Waals surface area contributed by atoms with Gasteiger partial charge in [0.05, 0.1) is 11.9 Å². The van der Waals surface area contributed by atoms with Crippen LogP contribution in [0.1, 0.15) is 13.3 Å². The van der Waals surface area contributed by atoms with Crippen molar-refractivity contribution in [3.63, 3.8) is 0 Å². The van der Waals surface area contributed by atoms with Crippen molar-refractivity contribution in [3.8, 4) is 0 Å². The predicted molar refractivity (Wildman–Crippen MR) is 65.7 cm³/mol. The molecule has 2 aliphatic rings. The Morgan fingerprint density at radius 2 is 2.25 bits per heavy atom. The summed E-state index contributed by atoms with van der Waals surface area (Å²) in [5.74, 6) is 0.892. The molecule has 2 unspecified atom stereocenters. The molecule has 0 aromatic heterocycles. The zero-order valence-electron chi connectivity index (χ0n) is 9.78. The van der Waals surface area contributed by atoms with Crippen LogP contribution in [0.5, 0.6) is 0 Å². The van der Waals surface area contributed by atoms with Gasteiger partial charge in [-0.05, 0) is 13.3 Å². The standard InChI is InChI=1S/C11H20N2O2S/c1-9-10(2-7-15-9)16-8-11(14)13-5-3-12-4-6-13/h9-10,12H,2-8H2,1H3. The fourth-order valence-corrected chi connectivity index (χ4v) is 3.27. The second-order valence-electron chi connectivity index (χ2n) is 4.34. The van der Waals surface area contributed by atoms with Gasteiger partial charge in [-0.3, -0.25) is 4.79 Å². The lowest BCUT2D eigenvalue weighted by atomic mass is 10.3. The minimum absolute atomic E-state index is 0.283. The molecule has 2 atom stereocenters. The number of hydrogen-bond acceptors (Lipinski definition) is 4. The third-order valence-corrected chi connectivity index (χ3v) is 4.66. The van der Waals surface area contributed by atoms with E-state index in [9.17, 15) is 4.79 Å². The summed E-state index contributed by atoms with van der Waals surface area (Å²) >= 11 is 1.76. The van der Waals surface area contributed by atoms with Crippen molar-refractivity contribution in [1.82, 2.24) is 10.2 Å². The van der Waals surface area contributed by atoms with Crippen molar-refractivity contribution >= 4 is 17.7 Å². The molecule has 0 bridgehead atoms. The number of nitrogens with one attached hydrogen (secondary N) is 1. The molecule has 2 heterocycles. The molecule has 16 heavy (non-hydrogen) atoms. The minimum Gasteiger partial charge on any atom is -0.377 e. The van der Waals surface area contributed by atoms with Gasteiger partial charge in [0.1, 0.15) is 0 Å². The monoisotopic (exact) mass is 244 g/mol. The lowest BCUT2D eigenvalue weighted by Crippen LogP contribution is -2.47. The molecule has 1 N–H and O–H groups in total. The summed E-state index contributed by atoms with van der Waals surface area (Å²) in [6, 6.07) is 0. The summed E-state index contributed by atoms with van der Waals surface area (Å²) < 4.78 is 5.49. The van der Waals surface area contributed by atoms with Crippen LogP contribution in [0.3, 0.4) is 0 Å². The summed E-state index contributed by atoms with van der Waals surface area (Å²) in [7, 11) is 0. The van der Waals surface area contributed by atoms with Crippen molar-refractivity contribution in [3.05, 3.63) is 0 Å². The third kappa shape index (κ3) is 3.12. The van der Waals surface area contributed by atoms with E-state index in [1.807, 2.05) is 4.90 Å². The van der Waals surface area contributed by atoms with E-state index in [1.54, 1.807) is 11.8 Å². The maximum Gasteiger partial charge on any atom is 0.232 e. The molecule has 5 heteroatoms. The number of hydrogen-bond donors (Lipinski definition) is 1. The first-order chi connectivity index (χ1) is 7.77. The van der Waals surface area contributed by atoms with Crippen LogP contribution < -0.4 is 5.32 Å². The molecular weight excluding hydrogens is 224 g/mol. The average Bonchev–Trinajstić information content (AvgIpc) is 2.73. The van der Waals surface area contributed by atoms with Crippen LogP contribution in [0.25, 0.3) is 0 Å². The Morgan fingerprint density at radius 3 is 2.88 bits per heavy atom.